The molecule has 90 valence electrons. The summed E-state index contributed by atoms with van der Waals surface area (Å²) < 4.78 is 6.04. The van der Waals surface area contributed by atoms with Gasteiger partial charge in [0.25, 0.3) is 0 Å². The van der Waals surface area contributed by atoms with E-state index in [2.05, 4.69) is 0 Å². The molecule has 1 saturated carbocycles. The molecule has 0 amide bonds. The molecule has 1 aliphatic heterocycles. The van der Waals surface area contributed by atoms with Gasteiger partial charge in [-0.1, -0.05) is 6.42 Å². The van der Waals surface area contributed by atoms with E-state index in [1.807, 2.05) is 0 Å². The van der Waals surface area contributed by atoms with Crippen molar-refractivity contribution in [2.75, 3.05) is 0 Å². The van der Waals surface area contributed by atoms with Crippen molar-refractivity contribution in [3.05, 3.63) is 23.3 Å². The first-order chi connectivity index (χ1) is 8.22. The van der Waals surface area contributed by atoms with Gasteiger partial charge in [-0.15, -0.1) is 0 Å². The number of aldehydes is 1. The molecule has 2 aliphatic rings. The molecule has 0 radical (unpaired) electrons. The van der Waals surface area contributed by atoms with E-state index >= 15 is 0 Å². The Morgan fingerprint density at radius 1 is 1.24 bits per heavy atom. The number of fused-ring (bicyclic) bond motifs is 1. The molecular formula is C14H16O3. The van der Waals surface area contributed by atoms with Crippen LogP contribution < -0.4 is 4.74 Å². The largest absolute Gasteiger partial charge is 0.508 e. The molecule has 3 nitrogen and oxygen atoms in total. The second-order valence-electron chi connectivity index (χ2n) is 5.16. The monoisotopic (exact) mass is 232 g/mol. The van der Waals surface area contributed by atoms with Gasteiger partial charge < -0.3 is 9.84 Å². The molecule has 3 rings (SSSR count). The summed E-state index contributed by atoms with van der Waals surface area (Å²) in [6.07, 6.45) is 7.29. The van der Waals surface area contributed by atoms with E-state index in [9.17, 15) is 9.90 Å². The van der Waals surface area contributed by atoms with Crippen LogP contribution in [0.4, 0.5) is 0 Å². The van der Waals surface area contributed by atoms with Crippen LogP contribution in [0.15, 0.2) is 12.1 Å². The number of benzene rings is 1. The van der Waals surface area contributed by atoms with Crippen LogP contribution in [-0.4, -0.2) is 17.0 Å². The highest BCUT2D eigenvalue weighted by Gasteiger charge is 2.41. The molecule has 17 heavy (non-hydrogen) atoms. The second-order valence-corrected chi connectivity index (χ2v) is 5.16. The zero-order valence-corrected chi connectivity index (χ0v) is 9.74. The first kappa shape index (κ1) is 10.6. The van der Waals surface area contributed by atoms with Gasteiger partial charge in [0.15, 0.2) is 0 Å². The Hall–Kier alpha value is -1.51. The topological polar surface area (TPSA) is 46.5 Å². The Balaban J connectivity index is 1.97. The summed E-state index contributed by atoms with van der Waals surface area (Å²) in [5, 5.41) is 9.92. The summed E-state index contributed by atoms with van der Waals surface area (Å²) in [5.74, 6) is 0.904. The van der Waals surface area contributed by atoms with Gasteiger partial charge in [0.1, 0.15) is 23.4 Å². The lowest BCUT2D eigenvalue weighted by Crippen LogP contribution is -2.36. The lowest BCUT2D eigenvalue weighted by molar-refractivity contribution is 0.0527. The quantitative estimate of drug-likeness (QED) is 0.757. The molecule has 1 aromatic carbocycles. The summed E-state index contributed by atoms with van der Waals surface area (Å²) in [5.41, 5.74) is 1.24. The molecule has 1 N–H and O–H groups in total. The predicted molar refractivity (Wildman–Crippen MR) is 63.6 cm³/mol. The van der Waals surface area contributed by atoms with Gasteiger partial charge in [0, 0.05) is 17.5 Å². The first-order valence-electron chi connectivity index (χ1n) is 6.23. The van der Waals surface area contributed by atoms with Crippen LogP contribution in [0.3, 0.4) is 0 Å². The number of aromatic hydroxyl groups is 1. The fourth-order valence-corrected chi connectivity index (χ4v) is 3.05. The number of carbonyl (C=O) groups is 1. The molecule has 1 heterocycles. The van der Waals surface area contributed by atoms with E-state index in [4.69, 9.17) is 4.74 Å². The standard InChI is InChI=1S/C14H16O3/c15-9-10-6-12(16)11-8-14(17-13(11)7-10)4-2-1-3-5-14/h6-7,9,16H,1-5,8H2. The Morgan fingerprint density at radius 3 is 2.71 bits per heavy atom. The lowest BCUT2D eigenvalue weighted by Gasteiger charge is -2.32. The Bertz CT molecular complexity index is 459. The maximum atomic E-state index is 10.8. The van der Waals surface area contributed by atoms with Crippen LogP contribution in [0.1, 0.15) is 48.0 Å². The van der Waals surface area contributed by atoms with Gasteiger partial charge in [0.05, 0.1) is 0 Å². The average Bonchev–Trinajstić information content (AvgIpc) is 2.68. The van der Waals surface area contributed by atoms with Crippen LogP contribution in [0.2, 0.25) is 0 Å². The summed E-state index contributed by atoms with van der Waals surface area (Å²) >= 11 is 0. The van der Waals surface area contributed by atoms with E-state index in [-0.39, 0.29) is 11.4 Å². The van der Waals surface area contributed by atoms with Crippen LogP contribution >= 0.6 is 0 Å². The highest BCUT2D eigenvalue weighted by atomic mass is 16.5. The summed E-state index contributed by atoms with van der Waals surface area (Å²) in [7, 11) is 0. The Kier molecular flexibility index (Phi) is 2.35. The molecule has 0 saturated heterocycles. The van der Waals surface area contributed by atoms with Crippen molar-refractivity contribution in [2.45, 2.75) is 44.1 Å². The Morgan fingerprint density at radius 2 is 2.00 bits per heavy atom. The average molecular weight is 232 g/mol. The number of rotatable bonds is 1. The highest BCUT2D eigenvalue weighted by Crippen LogP contribution is 2.46. The molecule has 0 unspecified atom stereocenters. The van der Waals surface area contributed by atoms with E-state index in [1.165, 1.54) is 25.3 Å². The summed E-state index contributed by atoms with van der Waals surface area (Å²) in [4.78, 5) is 10.8. The zero-order chi connectivity index (χ0) is 11.9. The van der Waals surface area contributed by atoms with E-state index in [0.717, 1.165) is 31.1 Å². The fraction of sp³-hybridized carbons (Fsp3) is 0.500. The SMILES string of the molecule is O=Cc1cc(O)c2c(c1)OC1(CCCCC1)C2. The number of hydrogen-bond acceptors (Lipinski definition) is 3. The van der Waals surface area contributed by atoms with E-state index in [1.54, 1.807) is 6.07 Å². The van der Waals surface area contributed by atoms with Crippen molar-refractivity contribution >= 4 is 6.29 Å². The minimum atomic E-state index is -0.112. The van der Waals surface area contributed by atoms with Gasteiger partial charge in [0.2, 0.25) is 0 Å². The first-order valence-corrected chi connectivity index (χ1v) is 6.23. The number of carbonyl (C=O) groups excluding carboxylic acids is 1. The van der Waals surface area contributed by atoms with Crippen molar-refractivity contribution in [3.63, 3.8) is 0 Å². The van der Waals surface area contributed by atoms with Gasteiger partial charge in [-0.2, -0.15) is 0 Å². The third-order valence-electron chi connectivity index (χ3n) is 3.93. The van der Waals surface area contributed by atoms with Crippen molar-refractivity contribution in [3.8, 4) is 11.5 Å². The van der Waals surface area contributed by atoms with Crippen LogP contribution in [0, 0.1) is 0 Å². The normalized spacial score (nSPS) is 20.9. The zero-order valence-electron chi connectivity index (χ0n) is 9.74. The van der Waals surface area contributed by atoms with E-state index < -0.39 is 0 Å². The maximum absolute atomic E-state index is 10.8. The second kappa shape index (κ2) is 3.76. The van der Waals surface area contributed by atoms with Crippen molar-refractivity contribution in [2.24, 2.45) is 0 Å². The molecule has 1 aliphatic carbocycles. The molecule has 1 fully saturated rings. The molecular weight excluding hydrogens is 216 g/mol. The third-order valence-corrected chi connectivity index (χ3v) is 3.93. The van der Waals surface area contributed by atoms with Crippen LogP contribution in [-0.2, 0) is 6.42 Å². The molecule has 3 heteroatoms. The van der Waals surface area contributed by atoms with Crippen molar-refractivity contribution < 1.29 is 14.6 Å². The van der Waals surface area contributed by atoms with E-state index in [0.29, 0.717) is 11.3 Å². The smallest absolute Gasteiger partial charge is 0.150 e. The summed E-state index contributed by atoms with van der Waals surface area (Å²) in [6, 6.07) is 3.27. The van der Waals surface area contributed by atoms with Crippen LogP contribution in [0.5, 0.6) is 11.5 Å². The van der Waals surface area contributed by atoms with Crippen molar-refractivity contribution in [1.82, 2.24) is 0 Å². The highest BCUT2D eigenvalue weighted by molar-refractivity contribution is 5.77. The van der Waals surface area contributed by atoms with Gasteiger partial charge in [-0.05, 0) is 37.8 Å². The van der Waals surface area contributed by atoms with Crippen molar-refractivity contribution in [1.29, 1.82) is 0 Å². The van der Waals surface area contributed by atoms with Gasteiger partial charge in [-0.3, -0.25) is 4.79 Å². The number of ether oxygens (including phenoxy) is 1. The molecule has 1 spiro atoms. The van der Waals surface area contributed by atoms with Crippen LogP contribution in [0.25, 0.3) is 0 Å². The van der Waals surface area contributed by atoms with Gasteiger partial charge in [-0.25, -0.2) is 0 Å². The number of phenols is 1. The minimum absolute atomic E-state index is 0.112. The number of phenolic OH excluding ortho intramolecular Hbond substituents is 1. The molecule has 0 atom stereocenters. The maximum Gasteiger partial charge on any atom is 0.150 e. The fourth-order valence-electron chi connectivity index (χ4n) is 3.05. The third kappa shape index (κ3) is 1.70. The van der Waals surface area contributed by atoms with Gasteiger partial charge >= 0.3 is 0 Å². The number of hydrogen-bond donors (Lipinski definition) is 1. The minimum Gasteiger partial charge on any atom is -0.508 e. The predicted octanol–water partition coefficient (Wildman–Crippen LogP) is 2.84. The molecule has 0 aromatic heterocycles. The molecule has 1 aromatic rings. The Labute approximate surface area is 100 Å². The lowest BCUT2D eigenvalue weighted by atomic mass is 9.82. The summed E-state index contributed by atoms with van der Waals surface area (Å²) in [6.45, 7) is 0. The molecule has 0 bridgehead atoms.